The lowest BCUT2D eigenvalue weighted by atomic mass is 9.88. The van der Waals surface area contributed by atoms with E-state index >= 15 is 0 Å². The fraction of sp³-hybridized carbons (Fsp3) is 0.500. The molecule has 0 radical (unpaired) electrons. The lowest BCUT2D eigenvalue weighted by Gasteiger charge is -2.39. The molecule has 2 fully saturated rings. The Bertz CT molecular complexity index is 831. The fourth-order valence-electron chi connectivity index (χ4n) is 4.21. The monoisotopic (exact) mass is 400 g/mol. The molecule has 5 unspecified atom stereocenters. The van der Waals surface area contributed by atoms with E-state index in [4.69, 9.17) is 4.74 Å². The Morgan fingerprint density at radius 1 is 1.00 bits per heavy atom. The Labute approximate surface area is 171 Å². The number of aliphatic hydroxyl groups excluding tert-OH is 3. The molecule has 3 N–H and O–H groups in total. The number of rotatable bonds is 6. The van der Waals surface area contributed by atoms with E-state index in [0.29, 0.717) is 11.5 Å². The zero-order valence-electron chi connectivity index (χ0n) is 16.7. The summed E-state index contributed by atoms with van der Waals surface area (Å²) in [5.74, 6) is 0.567. The topological polar surface area (TPSA) is 69.9 Å². The first-order valence-electron chi connectivity index (χ1n) is 10.5. The van der Waals surface area contributed by atoms with Gasteiger partial charge in [0, 0.05) is 0 Å². The Morgan fingerprint density at radius 3 is 2.31 bits per heavy atom. The van der Waals surface area contributed by atoms with Crippen LogP contribution in [0.3, 0.4) is 0 Å². The van der Waals surface area contributed by atoms with E-state index in [1.807, 2.05) is 12.1 Å². The molecule has 1 saturated carbocycles. The van der Waals surface area contributed by atoms with Gasteiger partial charge in [0.15, 0.2) is 6.17 Å². The van der Waals surface area contributed by atoms with Crippen LogP contribution >= 0.6 is 0 Å². The van der Waals surface area contributed by atoms with Crippen LogP contribution in [-0.2, 0) is 17.6 Å². The Kier molecular flexibility index (Phi) is 6.02. The molecule has 1 aliphatic carbocycles. The van der Waals surface area contributed by atoms with Gasteiger partial charge in [-0.25, -0.2) is 4.39 Å². The van der Waals surface area contributed by atoms with Crippen molar-refractivity contribution in [1.29, 1.82) is 0 Å². The fourth-order valence-corrected chi connectivity index (χ4v) is 4.21. The summed E-state index contributed by atoms with van der Waals surface area (Å²) in [6, 6.07) is 14.6. The van der Waals surface area contributed by atoms with Gasteiger partial charge in [-0.2, -0.15) is 0 Å². The highest BCUT2D eigenvalue weighted by Crippen LogP contribution is 2.43. The van der Waals surface area contributed by atoms with E-state index in [1.165, 1.54) is 35.1 Å². The summed E-state index contributed by atoms with van der Waals surface area (Å²) >= 11 is 0. The van der Waals surface area contributed by atoms with Gasteiger partial charge < -0.3 is 20.1 Å². The first-order chi connectivity index (χ1) is 14.0. The van der Waals surface area contributed by atoms with Crippen LogP contribution in [0.15, 0.2) is 42.5 Å². The summed E-state index contributed by atoms with van der Waals surface area (Å²) in [7, 11) is 0. The van der Waals surface area contributed by atoms with Crippen molar-refractivity contribution in [3.8, 4) is 0 Å². The molecule has 1 aliphatic heterocycles. The first-order valence-corrected chi connectivity index (χ1v) is 10.5. The second-order valence-corrected chi connectivity index (χ2v) is 8.28. The summed E-state index contributed by atoms with van der Waals surface area (Å²) in [4.78, 5) is 0. The molecule has 0 spiro atoms. The number of ether oxygens (including phenoxy) is 1. The molecular formula is C24H29FO4. The number of aliphatic hydroxyl groups is 3. The first kappa shape index (κ1) is 20.5. The molecule has 29 heavy (non-hydrogen) atoms. The molecule has 2 aromatic carbocycles. The van der Waals surface area contributed by atoms with Gasteiger partial charge in [0.2, 0.25) is 0 Å². The van der Waals surface area contributed by atoms with Crippen LogP contribution in [0, 0.1) is 0 Å². The Morgan fingerprint density at radius 2 is 1.69 bits per heavy atom. The maximum absolute atomic E-state index is 14.1. The van der Waals surface area contributed by atoms with Crippen LogP contribution in [0.2, 0.25) is 0 Å². The highest BCUT2D eigenvalue weighted by Gasteiger charge is 2.45. The summed E-state index contributed by atoms with van der Waals surface area (Å²) in [6.07, 6.45) is -2.66. The van der Waals surface area contributed by atoms with Crippen LogP contribution in [-0.4, -0.2) is 46.4 Å². The minimum Gasteiger partial charge on any atom is -0.394 e. The normalized spacial score (nSPS) is 29.8. The largest absolute Gasteiger partial charge is 0.394 e. The lowest BCUT2D eigenvalue weighted by molar-refractivity contribution is -0.214. The van der Waals surface area contributed by atoms with E-state index in [-0.39, 0.29) is 0 Å². The third-order valence-electron chi connectivity index (χ3n) is 6.18. The molecular weight excluding hydrogens is 371 g/mol. The molecule has 4 nitrogen and oxygen atoms in total. The van der Waals surface area contributed by atoms with Gasteiger partial charge in [0.1, 0.15) is 24.4 Å². The van der Waals surface area contributed by atoms with Crippen LogP contribution in [0.5, 0.6) is 0 Å². The highest BCUT2D eigenvalue weighted by atomic mass is 19.1. The lowest BCUT2D eigenvalue weighted by Crippen LogP contribution is -2.53. The zero-order chi connectivity index (χ0) is 20.5. The van der Waals surface area contributed by atoms with E-state index in [9.17, 15) is 19.7 Å². The standard InChI is InChI=1S/C24H29FO4/c1-2-14-3-5-15(6-4-14)11-18-12-17(9-10-19(18)16-7-8-16)24-23(28)22(27)21(25)20(13-26)29-24/h3-6,9-10,12,16,20-24,26-28H,2,7-8,11,13H2,1H3. The molecule has 2 aromatic rings. The maximum Gasteiger partial charge on any atom is 0.157 e. The van der Waals surface area contributed by atoms with Crippen molar-refractivity contribution in [3.05, 3.63) is 70.3 Å². The van der Waals surface area contributed by atoms with Gasteiger partial charge in [-0.3, -0.25) is 0 Å². The second kappa shape index (κ2) is 8.52. The van der Waals surface area contributed by atoms with E-state index in [2.05, 4.69) is 37.3 Å². The third-order valence-corrected chi connectivity index (χ3v) is 6.18. The number of halogens is 1. The molecule has 0 bridgehead atoms. The van der Waals surface area contributed by atoms with Crippen molar-refractivity contribution in [1.82, 2.24) is 0 Å². The molecule has 4 rings (SSSR count). The van der Waals surface area contributed by atoms with Crippen molar-refractivity contribution in [2.24, 2.45) is 0 Å². The van der Waals surface area contributed by atoms with Gasteiger partial charge >= 0.3 is 0 Å². The molecule has 1 saturated heterocycles. The molecule has 0 aromatic heterocycles. The van der Waals surface area contributed by atoms with E-state index in [0.717, 1.165) is 12.8 Å². The zero-order valence-corrected chi connectivity index (χ0v) is 16.7. The summed E-state index contributed by atoms with van der Waals surface area (Å²) < 4.78 is 19.7. The van der Waals surface area contributed by atoms with Crippen LogP contribution < -0.4 is 0 Å². The summed E-state index contributed by atoms with van der Waals surface area (Å²) in [6.45, 7) is 1.59. The third kappa shape index (κ3) is 4.24. The average Bonchev–Trinajstić information content (AvgIpc) is 3.58. The highest BCUT2D eigenvalue weighted by molar-refractivity contribution is 5.41. The Balaban J connectivity index is 1.63. The number of hydrogen-bond acceptors (Lipinski definition) is 4. The van der Waals surface area contributed by atoms with Gasteiger partial charge in [0.25, 0.3) is 0 Å². The number of aryl methyl sites for hydroxylation is 1. The van der Waals surface area contributed by atoms with Crippen LogP contribution in [0.4, 0.5) is 4.39 Å². The van der Waals surface area contributed by atoms with Gasteiger partial charge in [-0.1, -0.05) is 49.4 Å². The van der Waals surface area contributed by atoms with E-state index < -0.39 is 37.2 Å². The minimum absolute atomic E-state index is 0.543. The van der Waals surface area contributed by atoms with Gasteiger partial charge in [0.05, 0.1) is 6.61 Å². The summed E-state index contributed by atoms with van der Waals surface area (Å²) in [5, 5.41) is 29.9. The quantitative estimate of drug-likeness (QED) is 0.697. The maximum atomic E-state index is 14.1. The van der Waals surface area contributed by atoms with Crippen molar-refractivity contribution in [3.63, 3.8) is 0 Å². The number of alkyl halides is 1. The average molecular weight is 400 g/mol. The molecule has 1 heterocycles. The van der Waals surface area contributed by atoms with Crippen molar-refractivity contribution < 1.29 is 24.4 Å². The predicted octanol–water partition coefficient (Wildman–Crippen LogP) is 3.21. The molecule has 2 aliphatic rings. The van der Waals surface area contributed by atoms with Gasteiger partial charge in [-0.05, 0) is 59.4 Å². The molecule has 0 amide bonds. The number of benzene rings is 2. The predicted molar refractivity (Wildman–Crippen MR) is 109 cm³/mol. The van der Waals surface area contributed by atoms with E-state index in [1.54, 1.807) is 0 Å². The van der Waals surface area contributed by atoms with Crippen molar-refractivity contribution in [2.45, 2.75) is 69.1 Å². The van der Waals surface area contributed by atoms with Gasteiger partial charge in [-0.15, -0.1) is 0 Å². The summed E-state index contributed by atoms with van der Waals surface area (Å²) in [5.41, 5.74) is 5.69. The van der Waals surface area contributed by atoms with Crippen LogP contribution in [0.25, 0.3) is 0 Å². The van der Waals surface area contributed by atoms with Crippen molar-refractivity contribution >= 4 is 0 Å². The molecule has 5 heteroatoms. The van der Waals surface area contributed by atoms with Crippen molar-refractivity contribution in [2.75, 3.05) is 6.61 Å². The second-order valence-electron chi connectivity index (χ2n) is 8.28. The minimum atomic E-state index is -1.81. The Hall–Kier alpha value is -1.79. The van der Waals surface area contributed by atoms with Crippen LogP contribution in [0.1, 0.15) is 59.6 Å². The molecule has 5 atom stereocenters. The number of hydrogen-bond donors (Lipinski definition) is 3. The molecule has 156 valence electrons. The SMILES string of the molecule is CCc1ccc(Cc2cc(C3OC(CO)C(F)C(O)C3O)ccc2C2CC2)cc1. The smallest absolute Gasteiger partial charge is 0.157 e.